The van der Waals surface area contributed by atoms with Crippen molar-refractivity contribution < 1.29 is 0 Å². The van der Waals surface area contributed by atoms with E-state index in [0.29, 0.717) is 0 Å². The molecule has 17 heavy (non-hydrogen) atoms. The van der Waals surface area contributed by atoms with E-state index >= 15 is 0 Å². The number of benzene rings is 1. The zero-order chi connectivity index (χ0) is 12.4. The van der Waals surface area contributed by atoms with E-state index in [0.717, 1.165) is 15.7 Å². The summed E-state index contributed by atoms with van der Waals surface area (Å²) in [6.45, 7) is 4.15. The molecule has 0 bridgehead atoms. The van der Waals surface area contributed by atoms with Crippen molar-refractivity contribution in [1.29, 1.82) is 0 Å². The molecule has 2 rings (SSSR count). The molecule has 1 N–H and O–H groups in total. The molecule has 1 atom stereocenters. The maximum atomic E-state index is 5.90. The van der Waals surface area contributed by atoms with Crippen molar-refractivity contribution in [3.8, 4) is 0 Å². The minimum absolute atomic E-state index is 0.143. The molecule has 0 amide bonds. The van der Waals surface area contributed by atoms with Gasteiger partial charge in [0.1, 0.15) is 5.01 Å². The lowest BCUT2D eigenvalue weighted by atomic mass is 10.1. The topological polar surface area (TPSA) is 24.9 Å². The summed E-state index contributed by atoms with van der Waals surface area (Å²) < 4.78 is 0. The Morgan fingerprint density at radius 3 is 2.35 bits per heavy atom. The van der Waals surface area contributed by atoms with Crippen LogP contribution >= 0.6 is 22.9 Å². The van der Waals surface area contributed by atoms with Crippen LogP contribution in [0.1, 0.15) is 27.2 Å². The monoisotopic (exact) mass is 266 g/mol. The minimum Gasteiger partial charge on any atom is -0.307 e. The van der Waals surface area contributed by atoms with E-state index in [1.807, 2.05) is 38.2 Å². The van der Waals surface area contributed by atoms with Gasteiger partial charge in [0.2, 0.25) is 0 Å². The molecular formula is C13H15ClN2S. The molecule has 0 aliphatic rings. The van der Waals surface area contributed by atoms with Crippen molar-refractivity contribution >= 4 is 22.9 Å². The second kappa shape index (κ2) is 5.17. The normalized spacial score (nSPS) is 12.7. The van der Waals surface area contributed by atoms with Gasteiger partial charge >= 0.3 is 0 Å². The number of hydrogen-bond donors (Lipinski definition) is 1. The van der Waals surface area contributed by atoms with Gasteiger partial charge in [0.05, 0.1) is 11.7 Å². The molecule has 2 aromatic rings. The summed E-state index contributed by atoms with van der Waals surface area (Å²) in [7, 11) is 1.95. The molecule has 1 aromatic carbocycles. The van der Waals surface area contributed by atoms with Gasteiger partial charge in [0, 0.05) is 9.90 Å². The molecule has 1 heterocycles. The van der Waals surface area contributed by atoms with Crippen LogP contribution in [0.2, 0.25) is 5.02 Å². The average Bonchev–Trinajstić information content (AvgIpc) is 2.63. The summed E-state index contributed by atoms with van der Waals surface area (Å²) >= 11 is 7.64. The molecule has 0 saturated carbocycles. The van der Waals surface area contributed by atoms with E-state index < -0.39 is 0 Å². The summed E-state index contributed by atoms with van der Waals surface area (Å²) in [5, 5.41) is 5.16. The van der Waals surface area contributed by atoms with Crippen LogP contribution in [0.3, 0.4) is 0 Å². The molecule has 1 aromatic heterocycles. The number of halogens is 1. The lowest BCUT2D eigenvalue weighted by molar-refractivity contribution is 0.685. The van der Waals surface area contributed by atoms with Crippen molar-refractivity contribution in [2.24, 2.45) is 0 Å². The van der Waals surface area contributed by atoms with Crippen LogP contribution in [0, 0.1) is 13.8 Å². The van der Waals surface area contributed by atoms with E-state index in [2.05, 4.69) is 17.2 Å². The Bertz CT molecular complexity index is 485. The molecule has 0 radical (unpaired) electrons. The first-order valence-electron chi connectivity index (χ1n) is 5.48. The van der Waals surface area contributed by atoms with Gasteiger partial charge in [-0.15, -0.1) is 11.3 Å². The second-order valence-electron chi connectivity index (χ2n) is 3.97. The van der Waals surface area contributed by atoms with Crippen molar-refractivity contribution in [3.63, 3.8) is 0 Å². The Labute approximate surface area is 111 Å². The molecule has 0 saturated heterocycles. The van der Waals surface area contributed by atoms with Crippen molar-refractivity contribution in [1.82, 2.24) is 10.3 Å². The quantitative estimate of drug-likeness (QED) is 0.916. The molecule has 90 valence electrons. The zero-order valence-electron chi connectivity index (χ0n) is 10.1. The maximum Gasteiger partial charge on any atom is 0.115 e. The van der Waals surface area contributed by atoms with Gasteiger partial charge in [-0.1, -0.05) is 23.7 Å². The third kappa shape index (κ3) is 2.68. The molecule has 2 nitrogen and oxygen atoms in total. The Balaban J connectivity index is 2.36. The fourth-order valence-corrected chi connectivity index (χ4v) is 2.90. The van der Waals surface area contributed by atoms with E-state index in [-0.39, 0.29) is 6.04 Å². The van der Waals surface area contributed by atoms with E-state index in [4.69, 9.17) is 11.6 Å². The number of hydrogen-bond acceptors (Lipinski definition) is 3. The lowest BCUT2D eigenvalue weighted by Gasteiger charge is -2.13. The summed E-state index contributed by atoms with van der Waals surface area (Å²) in [5.41, 5.74) is 2.30. The smallest absolute Gasteiger partial charge is 0.115 e. The summed E-state index contributed by atoms with van der Waals surface area (Å²) in [6, 6.07) is 8.04. The molecule has 0 aliphatic carbocycles. The first-order chi connectivity index (χ1) is 8.11. The molecule has 0 fully saturated rings. The predicted molar refractivity (Wildman–Crippen MR) is 73.9 cm³/mol. The largest absolute Gasteiger partial charge is 0.307 e. The van der Waals surface area contributed by atoms with Gasteiger partial charge in [0.15, 0.2) is 0 Å². The summed E-state index contributed by atoms with van der Waals surface area (Å²) in [5.74, 6) is 0. The number of rotatable bonds is 3. The zero-order valence-corrected chi connectivity index (χ0v) is 11.7. The number of aryl methyl sites for hydroxylation is 2. The highest BCUT2D eigenvalue weighted by molar-refractivity contribution is 7.11. The fraction of sp³-hybridized carbons (Fsp3) is 0.308. The Morgan fingerprint density at radius 2 is 1.88 bits per heavy atom. The van der Waals surface area contributed by atoms with Crippen molar-refractivity contribution in [2.75, 3.05) is 7.05 Å². The maximum absolute atomic E-state index is 5.90. The molecule has 4 heteroatoms. The third-order valence-corrected chi connectivity index (χ3v) is 4.17. The van der Waals surface area contributed by atoms with Gasteiger partial charge < -0.3 is 5.32 Å². The third-order valence-electron chi connectivity index (χ3n) is 2.78. The van der Waals surface area contributed by atoms with Gasteiger partial charge in [0.25, 0.3) is 0 Å². The van der Waals surface area contributed by atoms with E-state index in [9.17, 15) is 0 Å². The van der Waals surface area contributed by atoms with E-state index in [1.54, 1.807) is 11.3 Å². The van der Waals surface area contributed by atoms with Crippen LogP contribution in [0.4, 0.5) is 0 Å². The number of nitrogens with zero attached hydrogens (tertiary/aromatic N) is 1. The highest BCUT2D eigenvalue weighted by Gasteiger charge is 2.16. The SMILES string of the molecule is CNC(c1ccc(Cl)cc1)c1nc(C)c(C)s1. The number of thiazole rings is 1. The molecule has 0 spiro atoms. The highest BCUT2D eigenvalue weighted by atomic mass is 35.5. The predicted octanol–water partition coefficient (Wildman–Crippen LogP) is 3.72. The molecule has 0 aliphatic heterocycles. The molecular weight excluding hydrogens is 252 g/mol. The minimum atomic E-state index is 0.143. The molecule has 1 unspecified atom stereocenters. The summed E-state index contributed by atoms with van der Waals surface area (Å²) in [6.07, 6.45) is 0. The lowest BCUT2D eigenvalue weighted by Crippen LogP contribution is -2.17. The van der Waals surface area contributed by atoms with Crippen molar-refractivity contribution in [3.05, 3.63) is 50.4 Å². The first kappa shape index (κ1) is 12.6. The van der Waals surface area contributed by atoms with Crippen LogP contribution < -0.4 is 5.32 Å². The van der Waals surface area contributed by atoms with Gasteiger partial charge in [-0.2, -0.15) is 0 Å². The average molecular weight is 267 g/mol. The Morgan fingerprint density at radius 1 is 1.24 bits per heavy atom. The van der Waals surface area contributed by atoms with Gasteiger partial charge in [-0.3, -0.25) is 0 Å². The Hall–Kier alpha value is -0.900. The fourth-order valence-electron chi connectivity index (χ4n) is 1.71. The van der Waals surface area contributed by atoms with E-state index in [1.165, 1.54) is 10.4 Å². The first-order valence-corrected chi connectivity index (χ1v) is 6.68. The number of aromatic nitrogens is 1. The second-order valence-corrected chi connectivity index (χ2v) is 5.64. The summed E-state index contributed by atoms with van der Waals surface area (Å²) in [4.78, 5) is 5.88. The highest BCUT2D eigenvalue weighted by Crippen LogP contribution is 2.28. The number of nitrogens with one attached hydrogen (secondary N) is 1. The van der Waals surface area contributed by atoms with Crippen molar-refractivity contribution in [2.45, 2.75) is 19.9 Å². The van der Waals surface area contributed by atoms with Crippen LogP contribution in [0.25, 0.3) is 0 Å². The Kier molecular flexibility index (Phi) is 3.82. The van der Waals surface area contributed by atoms with Crippen LogP contribution in [0.5, 0.6) is 0 Å². The van der Waals surface area contributed by atoms with Crippen LogP contribution in [-0.2, 0) is 0 Å². The van der Waals surface area contributed by atoms with Gasteiger partial charge in [-0.05, 0) is 38.6 Å². The van der Waals surface area contributed by atoms with Gasteiger partial charge in [-0.25, -0.2) is 4.98 Å². The van der Waals surface area contributed by atoms with Crippen LogP contribution in [-0.4, -0.2) is 12.0 Å². The van der Waals surface area contributed by atoms with Crippen LogP contribution in [0.15, 0.2) is 24.3 Å². The standard InChI is InChI=1S/C13H15ClN2S/c1-8-9(2)17-13(16-8)12(15-3)10-4-6-11(14)7-5-10/h4-7,12,15H,1-3H3.